The van der Waals surface area contributed by atoms with Crippen molar-refractivity contribution in [2.24, 2.45) is 5.73 Å². The van der Waals surface area contributed by atoms with Crippen molar-refractivity contribution in [1.82, 2.24) is 15.0 Å². The first-order chi connectivity index (χ1) is 11.8. The maximum absolute atomic E-state index is 12.3. The van der Waals surface area contributed by atoms with Gasteiger partial charge >= 0.3 is 0 Å². The van der Waals surface area contributed by atoms with Crippen molar-refractivity contribution in [2.75, 3.05) is 0 Å². The fourth-order valence-corrected chi connectivity index (χ4v) is 2.95. The quantitative estimate of drug-likeness (QED) is 0.677. The van der Waals surface area contributed by atoms with Crippen LogP contribution < -0.4 is 15.8 Å². The van der Waals surface area contributed by atoms with E-state index in [0.29, 0.717) is 12.2 Å². The lowest BCUT2D eigenvalue weighted by atomic mass is 10.2. The molecule has 1 heterocycles. The van der Waals surface area contributed by atoms with Gasteiger partial charge in [0.1, 0.15) is 0 Å². The van der Waals surface area contributed by atoms with Gasteiger partial charge in [0.25, 0.3) is 15.9 Å². The molecule has 2 rings (SSSR count). The molecule has 8 nitrogen and oxygen atoms in total. The largest absolute Gasteiger partial charge is 0.351 e. The lowest BCUT2D eigenvalue weighted by Gasteiger charge is -2.08. The van der Waals surface area contributed by atoms with Crippen LogP contribution in [0.25, 0.3) is 0 Å². The van der Waals surface area contributed by atoms with Crippen LogP contribution in [-0.4, -0.2) is 25.2 Å². The summed E-state index contributed by atoms with van der Waals surface area (Å²) in [7, 11) is -4.00. The summed E-state index contributed by atoms with van der Waals surface area (Å²) in [6.45, 7) is 1.80. The third kappa shape index (κ3) is 5.10. The molecular formula is C16H18N4O4S. The van der Waals surface area contributed by atoms with Gasteiger partial charge < -0.3 is 11.1 Å². The molecule has 1 aromatic heterocycles. The number of benzene rings is 1. The summed E-state index contributed by atoms with van der Waals surface area (Å²) in [6, 6.07) is 8.73. The maximum atomic E-state index is 12.3. The van der Waals surface area contributed by atoms with Gasteiger partial charge in [-0.05, 0) is 29.8 Å². The number of amides is 2. The van der Waals surface area contributed by atoms with Crippen molar-refractivity contribution in [2.45, 2.75) is 24.9 Å². The zero-order chi connectivity index (χ0) is 18.4. The molecule has 1 aromatic carbocycles. The van der Waals surface area contributed by atoms with Crippen LogP contribution in [0.4, 0.5) is 0 Å². The minimum Gasteiger partial charge on any atom is -0.351 e. The van der Waals surface area contributed by atoms with Crippen molar-refractivity contribution >= 4 is 21.8 Å². The average Bonchev–Trinajstić information content (AvgIpc) is 2.60. The predicted molar refractivity (Wildman–Crippen MR) is 90.7 cm³/mol. The molecule has 2 aromatic rings. The number of aromatic nitrogens is 1. The molecule has 0 atom stereocenters. The number of hydrogen-bond donors (Lipinski definition) is 3. The number of rotatable bonds is 6. The van der Waals surface area contributed by atoms with Crippen molar-refractivity contribution < 1.29 is 18.0 Å². The Labute approximate surface area is 145 Å². The number of hydrogen-bond acceptors (Lipinski definition) is 6. The Bertz CT molecular complexity index is 879. The van der Waals surface area contributed by atoms with E-state index in [1.165, 1.54) is 37.4 Å². The van der Waals surface area contributed by atoms with Crippen LogP contribution in [0.5, 0.6) is 0 Å². The van der Waals surface area contributed by atoms with Crippen molar-refractivity contribution in [1.29, 1.82) is 0 Å². The second-order valence-corrected chi connectivity index (χ2v) is 6.91. The first-order valence-corrected chi connectivity index (χ1v) is 8.85. The molecule has 0 radical (unpaired) electrons. The van der Waals surface area contributed by atoms with E-state index in [0.717, 1.165) is 5.56 Å². The van der Waals surface area contributed by atoms with Crippen LogP contribution in [0.15, 0.2) is 47.5 Å². The molecular weight excluding hydrogens is 344 g/mol. The molecule has 0 aliphatic rings. The summed E-state index contributed by atoms with van der Waals surface area (Å²) in [5.74, 6) is -1.02. The van der Waals surface area contributed by atoms with Gasteiger partial charge in [-0.3, -0.25) is 14.6 Å². The molecule has 25 heavy (non-hydrogen) atoms. The lowest BCUT2D eigenvalue weighted by Crippen LogP contribution is -2.30. The monoisotopic (exact) mass is 362 g/mol. The van der Waals surface area contributed by atoms with Gasteiger partial charge in [-0.15, -0.1) is 0 Å². The van der Waals surface area contributed by atoms with E-state index in [9.17, 15) is 18.0 Å². The van der Waals surface area contributed by atoms with E-state index in [2.05, 4.69) is 10.3 Å². The number of carbonyl (C=O) groups is 2. The topological polar surface area (TPSA) is 131 Å². The fraction of sp³-hybridized carbons (Fsp3) is 0.188. The Morgan fingerprint density at radius 3 is 2.44 bits per heavy atom. The summed E-state index contributed by atoms with van der Waals surface area (Å²) in [5.41, 5.74) is 6.81. The minimum atomic E-state index is -4.00. The molecule has 4 N–H and O–H groups in total. The van der Waals surface area contributed by atoms with E-state index in [1.807, 2.05) is 4.72 Å². The summed E-state index contributed by atoms with van der Waals surface area (Å²) >= 11 is 0. The van der Waals surface area contributed by atoms with Crippen LogP contribution in [0.1, 0.15) is 28.5 Å². The molecule has 9 heteroatoms. The van der Waals surface area contributed by atoms with Crippen LogP contribution >= 0.6 is 0 Å². The Hall–Kier alpha value is -2.78. The van der Waals surface area contributed by atoms with E-state index < -0.39 is 15.9 Å². The van der Waals surface area contributed by atoms with Gasteiger partial charge in [0.15, 0.2) is 0 Å². The molecule has 0 aliphatic carbocycles. The zero-order valence-electron chi connectivity index (χ0n) is 13.5. The number of sulfonamides is 1. The van der Waals surface area contributed by atoms with Crippen LogP contribution in [0.2, 0.25) is 0 Å². The number of nitrogens with one attached hydrogen (secondary N) is 2. The first-order valence-electron chi connectivity index (χ1n) is 7.37. The molecule has 0 aliphatic heterocycles. The fourth-order valence-electron chi connectivity index (χ4n) is 1.98. The lowest BCUT2D eigenvalue weighted by molar-refractivity contribution is -0.119. The van der Waals surface area contributed by atoms with Gasteiger partial charge in [-0.25, -0.2) is 13.1 Å². The molecule has 0 saturated carbocycles. The summed E-state index contributed by atoms with van der Waals surface area (Å²) in [6.07, 6.45) is 1.37. The second kappa shape index (κ2) is 7.86. The van der Waals surface area contributed by atoms with Gasteiger partial charge in [0.2, 0.25) is 5.91 Å². The molecule has 0 unspecified atom stereocenters. The van der Waals surface area contributed by atoms with Crippen LogP contribution in [-0.2, 0) is 27.9 Å². The number of pyridine rings is 1. The Kier molecular flexibility index (Phi) is 5.84. The number of carbonyl (C=O) groups excluding carboxylic acids is 2. The van der Waals surface area contributed by atoms with E-state index in [-0.39, 0.29) is 22.9 Å². The van der Waals surface area contributed by atoms with E-state index >= 15 is 0 Å². The Morgan fingerprint density at radius 1 is 1.16 bits per heavy atom. The van der Waals surface area contributed by atoms with Crippen LogP contribution in [0, 0.1) is 0 Å². The molecule has 0 bridgehead atoms. The Morgan fingerprint density at radius 2 is 1.84 bits per heavy atom. The summed E-state index contributed by atoms with van der Waals surface area (Å²) in [5, 5.41) is 2.55. The molecule has 0 saturated heterocycles. The normalized spacial score (nSPS) is 11.0. The zero-order valence-corrected chi connectivity index (χ0v) is 14.3. The SMILES string of the molecule is CC(=O)NCc1cc(C(=O)NS(=O)(=O)c2ccc(CN)cc2)ccn1. The third-order valence-electron chi connectivity index (χ3n) is 3.29. The molecule has 2 amide bonds. The van der Waals surface area contributed by atoms with Crippen molar-refractivity contribution in [3.63, 3.8) is 0 Å². The highest BCUT2D eigenvalue weighted by atomic mass is 32.2. The predicted octanol–water partition coefficient (Wildman–Crippen LogP) is 0.295. The third-order valence-corrected chi connectivity index (χ3v) is 4.64. The average molecular weight is 362 g/mol. The highest BCUT2D eigenvalue weighted by molar-refractivity contribution is 7.90. The van der Waals surface area contributed by atoms with Gasteiger partial charge in [-0.2, -0.15) is 0 Å². The highest BCUT2D eigenvalue weighted by Crippen LogP contribution is 2.11. The number of nitrogens with two attached hydrogens (primary N) is 1. The van der Waals surface area contributed by atoms with Crippen LogP contribution in [0.3, 0.4) is 0 Å². The summed E-state index contributed by atoms with van der Waals surface area (Å²) in [4.78, 5) is 27.1. The van der Waals surface area contributed by atoms with E-state index in [4.69, 9.17) is 5.73 Å². The standard InChI is InChI=1S/C16H18N4O4S/c1-11(21)19-10-14-8-13(6-7-18-14)16(22)20-25(23,24)15-4-2-12(9-17)3-5-15/h2-8H,9-10,17H2,1H3,(H,19,21)(H,20,22). The van der Waals surface area contributed by atoms with Gasteiger partial charge in [0.05, 0.1) is 17.1 Å². The Balaban J connectivity index is 2.14. The van der Waals surface area contributed by atoms with Crippen molar-refractivity contribution in [3.05, 3.63) is 59.4 Å². The summed E-state index contributed by atoms with van der Waals surface area (Å²) < 4.78 is 26.6. The second-order valence-electron chi connectivity index (χ2n) is 5.23. The smallest absolute Gasteiger partial charge is 0.265 e. The maximum Gasteiger partial charge on any atom is 0.265 e. The molecule has 0 fully saturated rings. The van der Waals surface area contributed by atoms with Gasteiger partial charge in [0, 0.05) is 25.2 Å². The van der Waals surface area contributed by atoms with Crippen molar-refractivity contribution in [3.8, 4) is 0 Å². The first kappa shape index (κ1) is 18.6. The van der Waals surface area contributed by atoms with E-state index in [1.54, 1.807) is 12.1 Å². The minimum absolute atomic E-state index is 0.0365. The number of nitrogens with zero attached hydrogens (tertiary/aromatic N) is 1. The molecule has 0 spiro atoms. The molecule has 132 valence electrons. The van der Waals surface area contributed by atoms with Gasteiger partial charge in [-0.1, -0.05) is 12.1 Å². The highest BCUT2D eigenvalue weighted by Gasteiger charge is 2.19.